The molecule has 21 heavy (non-hydrogen) atoms. The van der Waals surface area contributed by atoms with Crippen molar-refractivity contribution in [2.24, 2.45) is 0 Å². The molecule has 0 atom stereocenters. The highest BCUT2D eigenvalue weighted by molar-refractivity contribution is 5.46. The lowest BCUT2D eigenvalue weighted by molar-refractivity contribution is 0.277. The van der Waals surface area contributed by atoms with Gasteiger partial charge in [0.05, 0.1) is 25.6 Å². The van der Waals surface area contributed by atoms with Crippen LogP contribution in [-0.4, -0.2) is 26.8 Å². The molecule has 2 N–H and O–H groups in total. The minimum Gasteiger partial charge on any atom is -0.496 e. The van der Waals surface area contributed by atoms with E-state index in [1.807, 2.05) is 36.4 Å². The van der Waals surface area contributed by atoms with Gasteiger partial charge in [-0.1, -0.05) is 18.2 Å². The first-order chi connectivity index (χ1) is 10.3. The fourth-order valence-electron chi connectivity index (χ4n) is 2.14. The number of aromatic nitrogens is 3. The van der Waals surface area contributed by atoms with E-state index in [0.717, 1.165) is 17.1 Å². The fourth-order valence-corrected chi connectivity index (χ4v) is 2.14. The third-order valence-corrected chi connectivity index (χ3v) is 3.18. The van der Waals surface area contributed by atoms with Gasteiger partial charge in [0.25, 0.3) is 0 Å². The maximum atomic E-state index is 9.08. The van der Waals surface area contributed by atoms with Gasteiger partial charge >= 0.3 is 0 Å². The van der Waals surface area contributed by atoms with Gasteiger partial charge in [0.15, 0.2) is 5.65 Å². The van der Waals surface area contributed by atoms with Crippen LogP contribution in [0.5, 0.6) is 5.75 Å². The van der Waals surface area contributed by atoms with Crippen LogP contribution in [0.4, 0.5) is 5.82 Å². The molecule has 0 fully saturated rings. The van der Waals surface area contributed by atoms with Crippen molar-refractivity contribution in [2.75, 3.05) is 12.4 Å². The summed E-state index contributed by atoms with van der Waals surface area (Å²) in [6.45, 7) is 0.525. The standard InChI is InChI=1S/C15H16N4O2/c1-21-13-5-3-2-4-11(13)8-16-14-6-7-15-17-12(10-20)9-19(15)18-14/h2-7,9,20H,8,10H2,1H3,(H,16,18). The third-order valence-electron chi connectivity index (χ3n) is 3.18. The second-order valence-corrected chi connectivity index (χ2v) is 4.58. The quantitative estimate of drug-likeness (QED) is 0.748. The normalized spacial score (nSPS) is 10.8. The number of rotatable bonds is 5. The Morgan fingerprint density at radius 3 is 2.90 bits per heavy atom. The van der Waals surface area contributed by atoms with Crippen LogP contribution >= 0.6 is 0 Å². The van der Waals surface area contributed by atoms with Crippen molar-refractivity contribution < 1.29 is 9.84 Å². The van der Waals surface area contributed by atoms with E-state index in [0.29, 0.717) is 17.9 Å². The molecule has 0 aliphatic heterocycles. The Hall–Kier alpha value is -2.60. The molecule has 0 radical (unpaired) electrons. The van der Waals surface area contributed by atoms with Crippen molar-refractivity contribution in [3.8, 4) is 5.75 Å². The maximum Gasteiger partial charge on any atom is 0.154 e. The number of anilines is 1. The summed E-state index contributed by atoms with van der Waals surface area (Å²) in [5.74, 6) is 1.58. The van der Waals surface area contributed by atoms with Crippen molar-refractivity contribution in [3.05, 3.63) is 53.9 Å². The molecule has 3 aromatic rings. The van der Waals surface area contributed by atoms with Gasteiger partial charge in [-0.2, -0.15) is 0 Å². The number of para-hydroxylation sites is 1. The Labute approximate surface area is 122 Å². The zero-order valence-electron chi connectivity index (χ0n) is 11.7. The van der Waals surface area contributed by atoms with E-state index < -0.39 is 0 Å². The van der Waals surface area contributed by atoms with Crippen LogP contribution in [-0.2, 0) is 13.2 Å². The molecule has 6 nitrogen and oxygen atoms in total. The number of hydrogen-bond acceptors (Lipinski definition) is 5. The molecule has 0 aliphatic carbocycles. The first kappa shape index (κ1) is 13.4. The van der Waals surface area contributed by atoms with Gasteiger partial charge in [-0.3, -0.25) is 0 Å². The third kappa shape index (κ3) is 2.80. The largest absolute Gasteiger partial charge is 0.496 e. The summed E-state index contributed by atoms with van der Waals surface area (Å²) in [6.07, 6.45) is 1.71. The average molecular weight is 284 g/mol. The number of aliphatic hydroxyl groups is 1. The molecule has 2 heterocycles. The van der Waals surface area contributed by atoms with E-state index >= 15 is 0 Å². The summed E-state index contributed by atoms with van der Waals surface area (Å²) in [6, 6.07) is 11.6. The highest BCUT2D eigenvalue weighted by Crippen LogP contribution is 2.18. The number of imidazole rings is 1. The number of fused-ring (bicyclic) bond motifs is 1. The topological polar surface area (TPSA) is 71.7 Å². The highest BCUT2D eigenvalue weighted by Gasteiger charge is 2.04. The zero-order chi connectivity index (χ0) is 14.7. The molecule has 0 unspecified atom stereocenters. The minimum absolute atomic E-state index is 0.0899. The highest BCUT2D eigenvalue weighted by atomic mass is 16.5. The van der Waals surface area contributed by atoms with Crippen molar-refractivity contribution in [1.29, 1.82) is 0 Å². The summed E-state index contributed by atoms with van der Waals surface area (Å²) in [4.78, 5) is 4.22. The molecular weight excluding hydrogens is 268 g/mol. The van der Waals surface area contributed by atoms with E-state index in [-0.39, 0.29) is 6.61 Å². The Morgan fingerprint density at radius 2 is 2.10 bits per heavy atom. The number of benzene rings is 1. The summed E-state index contributed by atoms with van der Waals surface area (Å²) < 4.78 is 6.97. The van der Waals surface area contributed by atoms with E-state index in [1.54, 1.807) is 17.8 Å². The van der Waals surface area contributed by atoms with Crippen LogP contribution < -0.4 is 10.1 Å². The summed E-state index contributed by atoms with van der Waals surface area (Å²) >= 11 is 0. The molecule has 0 spiro atoms. The van der Waals surface area contributed by atoms with Gasteiger partial charge in [0.1, 0.15) is 11.6 Å². The van der Waals surface area contributed by atoms with Gasteiger partial charge in [-0.15, -0.1) is 5.10 Å². The van der Waals surface area contributed by atoms with Crippen LogP contribution in [0.1, 0.15) is 11.3 Å². The van der Waals surface area contributed by atoms with Crippen molar-refractivity contribution >= 4 is 11.5 Å². The number of ether oxygens (including phenoxy) is 1. The fraction of sp³-hybridized carbons (Fsp3) is 0.200. The molecule has 108 valence electrons. The lowest BCUT2D eigenvalue weighted by Crippen LogP contribution is -2.04. The number of hydrogen-bond donors (Lipinski definition) is 2. The molecular formula is C15H16N4O2. The average Bonchev–Trinajstić information content (AvgIpc) is 2.95. The Morgan fingerprint density at radius 1 is 1.24 bits per heavy atom. The monoisotopic (exact) mass is 284 g/mol. The SMILES string of the molecule is COc1ccccc1CNc1ccc2nc(CO)cn2n1. The van der Waals surface area contributed by atoms with Crippen molar-refractivity contribution in [3.63, 3.8) is 0 Å². The molecule has 3 rings (SSSR count). The van der Waals surface area contributed by atoms with Crippen LogP contribution in [0.3, 0.4) is 0 Å². The second kappa shape index (κ2) is 5.80. The van der Waals surface area contributed by atoms with E-state index in [2.05, 4.69) is 15.4 Å². The number of methoxy groups -OCH3 is 1. The Balaban J connectivity index is 1.78. The van der Waals surface area contributed by atoms with Gasteiger partial charge in [0, 0.05) is 12.1 Å². The molecule has 0 saturated heterocycles. The lowest BCUT2D eigenvalue weighted by Gasteiger charge is -2.09. The van der Waals surface area contributed by atoms with Gasteiger partial charge in [0.2, 0.25) is 0 Å². The maximum absolute atomic E-state index is 9.08. The lowest BCUT2D eigenvalue weighted by atomic mass is 10.2. The summed E-state index contributed by atoms with van der Waals surface area (Å²) in [5, 5.41) is 16.7. The molecule has 0 bridgehead atoms. The van der Waals surface area contributed by atoms with Gasteiger partial charge in [-0.25, -0.2) is 9.50 Å². The summed E-state index contributed by atoms with van der Waals surface area (Å²) in [5.41, 5.74) is 2.37. The molecule has 1 aromatic carbocycles. The number of nitrogens with one attached hydrogen (secondary N) is 1. The zero-order valence-corrected chi connectivity index (χ0v) is 11.7. The molecule has 2 aromatic heterocycles. The van der Waals surface area contributed by atoms with Gasteiger partial charge in [-0.05, 0) is 18.2 Å². The van der Waals surface area contributed by atoms with Crippen LogP contribution in [0.2, 0.25) is 0 Å². The molecule has 0 saturated carbocycles. The smallest absolute Gasteiger partial charge is 0.154 e. The predicted octanol–water partition coefficient (Wildman–Crippen LogP) is 1.84. The van der Waals surface area contributed by atoms with E-state index in [1.165, 1.54) is 0 Å². The molecule has 0 amide bonds. The van der Waals surface area contributed by atoms with E-state index in [9.17, 15) is 0 Å². The first-order valence-corrected chi connectivity index (χ1v) is 6.62. The van der Waals surface area contributed by atoms with Crippen molar-refractivity contribution in [1.82, 2.24) is 14.6 Å². The predicted molar refractivity (Wildman–Crippen MR) is 79.2 cm³/mol. The summed E-state index contributed by atoms with van der Waals surface area (Å²) in [7, 11) is 1.66. The Bertz CT molecular complexity index is 754. The van der Waals surface area contributed by atoms with Gasteiger partial charge < -0.3 is 15.2 Å². The van der Waals surface area contributed by atoms with Crippen molar-refractivity contribution in [2.45, 2.75) is 13.2 Å². The molecule has 0 aliphatic rings. The minimum atomic E-state index is -0.0899. The first-order valence-electron chi connectivity index (χ1n) is 6.62. The second-order valence-electron chi connectivity index (χ2n) is 4.58. The van der Waals surface area contributed by atoms with Crippen LogP contribution in [0.15, 0.2) is 42.6 Å². The van der Waals surface area contributed by atoms with Crippen LogP contribution in [0, 0.1) is 0 Å². The number of aliphatic hydroxyl groups excluding tert-OH is 1. The molecule has 6 heteroatoms. The number of nitrogens with zero attached hydrogens (tertiary/aromatic N) is 3. The van der Waals surface area contributed by atoms with E-state index in [4.69, 9.17) is 9.84 Å². The van der Waals surface area contributed by atoms with Crippen LogP contribution in [0.25, 0.3) is 5.65 Å². The Kier molecular flexibility index (Phi) is 3.70.